The molecule has 0 radical (unpaired) electrons. The Labute approximate surface area is 168 Å². The lowest BCUT2D eigenvalue weighted by atomic mass is 10.2. The molecule has 2 aromatic carbocycles. The van der Waals surface area contributed by atoms with Crippen LogP contribution in [0.25, 0.3) is 0 Å². The standard InChI is InChI=1S/C18H16ClF3O3S2/c1-10(17(23)27-3)24-15-9-12(5-7-16(15)26-2)25-14-6-4-11(8-13(14)19)18(20,21)22/h4-10H,1-3H3. The molecule has 2 aromatic rings. The molecule has 3 nitrogen and oxygen atoms in total. The van der Waals surface area contributed by atoms with Crippen molar-refractivity contribution < 1.29 is 27.4 Å². The summed E-state index contributed by atoms with van der Waals surface area (Å²) in [5, 5.41) is -0.286. The van der Waals surface area contributed by atoms with Gasteiger partial charge in [0.05, 0.1) is 10.6 Å². The predicted molar refractivity (Wildman–Crippen MR) is 103 cm³/mol. The minimum absolute atomic E-state index is 0.0840. The molecule has 9 heteroatoms. The first-order valence-corrected chi connectivity index (χ1v) is 10.5. The number of hydrogen-bond donors (Lipinski definition) is 0. The SMILES string of the molecule is CSC(=O)C(C)Oc1cc(Oc2ccc(C(F)(F)F)cc2Cl)ccc1SC. The van der Waals surface area contributed by atoms with Crippen LogP contribution in [0.4, 0.5) is 13.2 Å². The first kappa shape index (κ1) is 21.8. The average molecular weight is 437 g/mol. The average Bonchev–Trinajstić information content (AvgIpc) is 2.62. The highest BCUT2D eigenvalue weighted by molar-refractivity contribution is 8.13. The van der Waals surface area contributed by atoms with Crippen molar-refractivity contribution in [2.75, 3.05) is 12.5 Å². The van der Waals surface area contributed by atoms with Crippen molar-refractivity contribution in [3.8, 4) is 17.2 Å². The van der Waals surface area contributed by atoms with Crippen molar-refractivity contribution in [2.45, 2.75) is 24.1 Å². The van der Waals surface area contributed by atoms with E-state index in [4.69, 9.17) is 21.1 Å². The van der Waals surface area contributed by atoms with Crippen molar-refractivity contribution in [1.29, 1.82) is 0 Å². The van der Waals surface area contributed by atoms with E-state index in [1.54, 1.807) is 31.4 Å². The number of alkyl halides is 3. The van der Waals surface area contributed by atoms with E-state index < -0.39 is 17.8 Å². The van der Waals surface area contributed by atoms with E-state index in [1.165, 1.54) is 11.8 Å². The van der Waals surface area contributed by atoms with Gasteiger partial charge >= 0.3 is 6.18 Å². The van der Waals surface area contributed by atoms with Gasteiger partial charge < -0.3 is 9.47 Å². The quantitative estimate of drug-likeness (QED) is 0.481. The van der Waals surface area contributed by atoms with Gasteiger partial charge in [-0.1, -0.05) is 23.4 Å². The summed E-state index contributed by atoms with van der Waals surface area (Å²) in [6, 6.07) is 7.83. The molecule has 27 heavy (non-hydrogen) atoms. The maximum atomic E-state index is 12.7. The van der Waals surface area contributed by atoms with Crippen LogP contribution in [-0.4, -0.2) is 23.7 Å². The highest BCUT2D eigenvalue weighted by atomic mass is 35.5. The minimum atomic E-state index is -4.48. The fraction of sp³-hybridized carbons (Fsp3) is 0.278. The second-order valence-corrected chi connectivity index (χ2v) is 7.41. The van der Waals surface area contributed by atoms with E-state index in [0.29, 0.717) is 11.5 Å². The molecule has 0 saturated heterocycles. The summed E-state index contributed by atoms with van der Waals surface area (Å²) >= 11 is 8.42. The Morgan fingerprint density at radius 2 is 1.81 bits per heavy atom. The zero-order valence-electron chi connectivity index (χ0n) is 14.6. The molecule has 2 rings (SSSR count). The zero-order valence-corrected chi connectivity index (χ0v) is 17.0. The molecule has 0 amide bonds. The highest BCUT2D eigenvalue weighted by Crippen LogP contribution is 2.38. The largest absolute Gasteiger partial charge is 0.481 e. The molecule has 0 spiro atoms. The summed E-state index contributed by atoms with van der Waals surface area (Å²) in [7, 11) is 0. The lowest BCUT2D eigenvalue weighted by Crippen LogP contribution is -2.20. The maximum Gasteiger partial charge on any atom is 0.416 e. The third-order valence-corrected chi connectivity index (χ3v) is 5.27. The molecule has 0 fully saturated rings. The molecule has 0 aliphatic heterocycles. The summed E-state index contributed by atoms with van der Waals surface area (Å²) in [5.41, 5.74) is -0.856. The smallest absolute Gasteiger partial charge is 0.416 e. The van der Waals surface area contributed by atoms with Gasteiger partial charge in [-0.15, -0.1) is 11.8 Å². The maximum absolute atomic E-state index is 12.7. The zero-order chi connectivity index (χ0) is 20.2. The van der Waals surface area contributed by atoms with Crippen LogP contribution in [0.1, 0.15) is 12.5 Å². The summed E-state index contributed by atoms with van der Waals surface area (Å²) in [6.45, 7) is 1.64. The summed E-state index contributed by atoms with van der Waals surface area (Å²) < 4.78 is 49.5. The number of benzene rings is 2. The van der Waals surface area contributed by atoms with Gasteiger partial charge in [-0.25, -0.2) is 0 Å². The van der Waals surface area contributed by atoms with E-state index >= 15 is 0 Å². The van der Waals surface area contributed by atoms with E-state index in [1.807, 2.05) is 6.26 Å². The third kappa shape index (κ3) is 5.73. The van der Waals surface area contributed by atoms with Gasteiger partial charge in [-0.05, 0) is 49.8 Å². The molecule has 0 heterocycles. The van der Waals surface area contributed by atoms with Crippen LogP contribution in [0.2, 0.25) is 5.02 Å². The Hall–Kier alpha value is -1.51. The molecular formula is C18H16ClF3O3S2. The van der Waals surface area contributed by atoms with Crippen molar-refractivity contribution in [3.63, 3.8) is 0 Å². The van der Waals surface area contributed by atoms with Crippen molar-refractivity contribution >= 4 is 40.2 Å². The Morgan fingerprint density at radius 3 is 2.37 bits per heavy atom. The van der Waals surface area contributed by atoms with Crippen molar-refractivity contribution in [3.05, 3.63) is 47.0 Å². The van der Waals surface area contributed by atoms with Gasteiger partial charge in [0.25, 0.3) is 0 Å². The predicted octanol–water partition coefficient (Wildman–Crippen LogP) is 6.53. The third-order valence-electron chi connectivity index (χ3n) is 3.46. The number of carbonyl (C=O) groups excluding carboxylic acids is 1. The second kappa shape index (κ2) is 9.12. The van der Waals surface area contributed by atoms with Crippen LogP contribution >= 0.6 is 35.1 Å². The van der Waals surface area contributed by atoms with Crippen molar-refractivity contribution in [2.24, 2.45) is 0 Å². The lowest BCUT2D eigenvalue weighted by molar-refractivity contribution is -0.137. The summed E-state index contributed by atoms with van der Waals surface area (Å²) in [4.78, 5) is 12.5. The van der Waals surface area contributed by atoms with Gasteiger partial charge in [-0.3, -0.25) is 4.79 Å². The number of hydrogen-bond acceptors (Lipinski definition) is 5. The van der Waals surface area contributed by atoms with Gasteiger partial charge in [0, 0.05) is 11.0 Å². The Bertz CT molecular complexity index is 828. The summed E-state index contributed by atoms with van der Waals surface area (Å²) in [5.74, 6) is 0.854. The van der Waals surface area contributed by atoms with Gasteiger partial charge in [0.2, 0.25) is 5.12 Å². The molecule has 1 unspecified atom stereocenters. The van der Waals surface area contributed by atoms with Crippen LogP contribution in [0.5, 0.6) is 17.2 Å². The molecule has 1 atom stereocenters. The molecule has 0 saturated carbocycles. The van der Waals surface area contributed by atoms with Gasteiger partial charge in [-0.2, -0.15) is 13.2 Å². The fourth-order valence-corrected chi connectivity index (χ4v) is 3.22. The summed E-state index contributed by atoms with van der Waals surface area (Å²) in [6.07, 6.45) is -1.61. The molecule has 0 aliphatic carbocycles. The number of thioether (sulfide) groups is 2. The van der Waals surface area contributed by atoms with E-state index in [-0.39, 0.29) is 15.9 Å². The van der Waals surface area contributed by atoms with Gasteiger partial charge in [0.15, 0.2) is 6.10 Å². The normalized spacial score (nSPS) is 12.6. The Kier molecular flexibility index (Phi) is 7.36. The number of halogens is 4. The topological polar surface area (TPSA) is 35.5 Å². The number of ether oxygens (including phenoxy) is 2. The second-order valence-electron chi connectivity index (χ2n) is 5.34. The number of carbonyl (C=O) groups is 1. The van der Waals surface area contributed by atoms with Crippen molar-refractivity contribution in [1.82, 2.24) is 0 Å². The monoisotopic (exact) mass is 436 g/mol. The highest BCUT2D eigenvalue weighted by Gasteiger charge is 2.31. The van der Waals surface area contributed by atoms with E-state index in [9.17, 15) is 18.0 Å². The van der Waals surface area contributed by atoms with Crippen LogP contribution in [-0.2, 0) is 11.0 Å². The minimum Gasteiger partial charge on any atom is -0.481 e. The first-order chi connectivity index (χ1) is 12.7. The Balaban J connectivity index is 2.27. The van der Waals surface area contributed by atoms with Crippen LogP contribution < -0.4 is 9.47 Å². The lowest BCUT2D eigenvalue weighted by Gasteiger charge is -2.17. The molecule has 0 aliphatic rings. The van der Waals surface area contributed by atoms with Crippen LogP contribution in [0.15, 0.2) is 41.3 Å². The van der Waals surface area contributed by atoms with Crippen LogP contribution in [0, 0.1) is 0 Å². The van der Waals surface area contributed by atoms with E-state index in [0.717, 1.165) is 34.9 Å². The van der Waals surface area contributed by atoms with Gasteiger partial charge in [0.1, 0.15) is 17.2 Å². The molecule has 0 N–H and O–H groups in total. The van der Waals surface area contributed by atoms with Crippen LogP contribution in [0.3, 0.4) is 0 Å². The number of rotatable bonds is 6. The molecule has 0 bridgehead atoms. The first-order valence-electron chi connectivity index (χ1n) is 7.62. The van der Waals surface area contributed by atoms with E-state index in [2.05, 4.69) is 0 Å². The Morgan fingerprint density at radius 1 is 1.11 bits per heavy atom. The molecule has 0 aromatic heterocycles. The molecular weight excluding hydrogens is 421 g/mol. The molecule has 146 valence electrons. The fourth-order valence-electron chi connectivity index (χ4n) is 2.10.